The fourth-order valence-corrected chi connectivity index (χ4v) is 6.81. The van der Waals surface area contributed by atoms with Crippen molar-refractivity contribution in [2.45, 2.75) is 77.1 Å². The van der Waals surface area contributed by atoms with Gasteiger partial charge in [-0.2, -0.15) is 0 Å². The van der Waals surface area contributed by atoms with Gasteiger partial charge in [0.25, 0.3) is 0 Å². The van der Waals surface area contributed by atoms with Crippen molar-refractivity contribution in [3.8, 4) is 0 Å². The molecule has 1 spiro atoms. The summed E-state index contributed by atoms with van der Waals surface area (Å²) in [7, 11) is 0. The smallest absolute Gasteiger partial charge is 0.172 e. The van der Waals surface area contributed by atoms with Gasteiger partial charge in [0.2, 0.25) is 0 Å². The number of hydrogen-bond acceptors (Lipinski definition) is 3. The third-order valence-corrected chi connectivity index (χ3v) is 7.88. The molecule has 1 heterocycles. The van der Waals surface area contributed by atoms with Gasteiger partial charge in [0.15, 0.2) is 5.79 Å². The molecule has 4 atom stereocenters. The molecule has 0 amide bonds. The summed E-state index contributed by atoms with van der Waals surface area (Å²) in [6.07, 6.45) is 8.75. The molecule has 132 valence electrons. The minimum absolute atomic E-state index is 0.107. The number of fused-ring (bicyclic) bond motifs is 4. The van der Waals surface area contributed by atoms with E-state index < -0.39 is 0 Å². The molecule has 3 nitrogen and oxygen atoms in total. The second-order valence-corrected chi connectivity index (χ2v) is 9.09. The van der Waals surface area contributed by atoms with Crippen molar-refractivity contribution in [2.24, 2.45) is 17.3 Å². The average molecular weight is 330 g/mol. The molecule has 1 aliphatic heterocycles. The highest BCUT2D eigenvalue weighted by Crippen LogP contribution is 2.61. The first-order valence-corrected chi connectivity index (χ1v) is 9.89. The standard InChI is InChI=1S/C21H30O3/c1-13-11-20(2)17(5-6-18(20)22)16-4-3-14-12-21(23-9-10-24-21)8-7-15(14)19(13)16/h16-18,22H,3-12H2,1-2H3/t16?,17?,18-,20-/m0/s1. The molecular formula is C21H30O3. The summed E-state index contributed by atoms with van der Waals surface area (Å²) >= 11 is 0. The first-order valence-electron chi connectivity index (χ1n) is 9.89. The summed E-state index contributed by atoms with van der Waals surface area (Å²) in [5.74, 6) is 1.06. The number of aliphatic hydroxyl groups excluding tert-OH is 1. The molecule has 0 aromatic carbocycles. The van der Waals surface area contributed by atoms with E-state index in [1.807, 2.05) is 0 Å². The van der Waals surface area contributed by atoms with Gasteiger partial charge in [0, 0.05) is 18.3 Å². The lowest BCUT2D eigenvalue weighted by atomic mass is 9.56. The largest absolute Gasteiger partial charge is 0.393 e. The first kappa shape index (κ1) is 15.6. The zero-order valence-electron chi connectivity index (χ0n) is 15.1. The zero-order valence-corrected chi connectivity index (χ0v) is 15.1. The maximum Gasteiger partial charge on any atom is 0.172 e. The van der Waals surface area contributed by atoms with E-state index in [9.17, 15) is 5.11 Å². The molecule has 3 heteroatoms. The van der Waals surface area contributed by atoms with Crippen LogP contribution in [-0.4, -0.2) is 30.2 Å². The van der Waals surface area contributed by atoms with Crippen molar-refractivity contribution < 1.29 is 14.6 Å². The Bertz CT molecular complexity index is 625. The van der Waals surface area contributed by atoms with Crippen LogP contribution in [-0.2, 0) is 9.47 Å². The third kappa shape index (κ3) is 2.01. The number of rotatable bonds is 0. The molecule has 0 radical (unpaired) electrons. The molecular weight excluding hydrogens is 300 g/mol. The first-order chi connectivity index (χ1) is 11.5. The third-order valence-electron chi connectivity index (χ3n) is 7.88. The molecule has 1 saturated heterocycles. The van der Waals surface area contributed by atoms with Crippen molar-refractivity contribution in [1.29, 1.82) is 0 Å². The van der Waals surface area contributed by atoms with Gasteiger partial charge in [0.05, 0.1) is 19.3 Å². The molecule has 1 N–H and O–H groups in total. The summed E-state index contributed by atoms with van der Waals surface area (Å²) in [5, 5.41) is 10.6. The highest BCUT2D eigenvalue weighted by atomic mass is 16.7. The molecule has 24 heavy (non-hydrogen) atoms. The van der Waals surface area contributed by atoms with E-state index in [0.717, 1.165) is 45.3 Å². The molecule has 0 aromatic rings. The van der Waals surface area contributed by atoms with Gasteiger partial charge in [-0.25, -0.2) is 0 Å². The maximum absolute atomic E-state index is 10.6. The average Bonchev–Trinajstić information content (AvgIpc) is 3.12. The molecule has 4 aliphatic carbocycles. The Morgan fingerprint density at radius 2 is 1.83 bits per heavy atom. The summed E-state index contributed by atoms with van der Waals surface area (Å²) in [5.41, 5.74) is 6.61. The Balaban J connectivity index is 1.53. The molecule has 0 aromatic heterocycles. The summed E-state index contributed by atoms with van der Waals surface area (Å²) < 4.78 is 12.0. The lowest BCUT2D eigenvalue weighted by Gasteiger charge is -2.49. The van der Waals surface area contributed by atoms with Gasteiger partial charge in [-0.15, -0.1) is 0 Å². The number of ether oxygens (including phenoxy) is 2. The van der Waals surface area contributed by atoms with Crippen LogP contribution in [0.5, 0.6) is 0 Å². The Labute approximate surface area is 145 Å². The molecule has 1 saturated carbocycles. The summed E-state index contributed by atoms with van der Waals surface area (Å²) in [4.78, 5) is 0. The summed E-state index contributed by atoms with van der Waals surface area (Å²) in [6.45, 7) is 6.18. The Morgan fingerprint density at radius 3 is 2.62 bits per heavy atom. The second kappa shape index (κ2) is 5.18. The maximum atomic E-state index is 10.6. The molecule has 2 fully saturated rings. The van der Waals surface area contributed by atoms with Gasteiger partial charge >= 0.3 is 0 Å². The highest BCUT2D eigenvalue weighted by molar-refractivity contribution is 5.47. The fourth-order valence-electron chi connectivity index (χ4n) is 6.81. The van der Waals surface area contributed by atoms with Gasteiger partial charge in [0.1, 0.15) is 0 Å². The van der Waals surface area contributed by atoms with Gasteiger partial charge in [-0.1, -0.05) is 18.1 Å². The van der Waals surface area contributed by atoms with E-state index in [4.69, 9.17) is 9.47 Å². The van der Waals surface area contributed by atoms with Crippen LogP contribution in [0.15, 0.2) is 22.3 Å². The second-order valence-electron chi connectivity index (χ2n) is 9.09. The Hall–Kier alpha value is -0.640. The van der Waals surface area contributed by atoms with Crippen LogP contribution in [0.1, 0.15) is 65.2 Å². The van der Waals surface area contributed by atoms with E-state index in [-0.39, 0.29) is 17.3 Å². The minimum atomic E-state index is -0.299. The lowest BCUT2D eigenvalue weighted by Crippen LogP contribution is -2.43. The van der Waals surface area contributed by atoms with E-state index >= 15 is 0 Å². The lowest BCUT2D eigenvalue weighted by molar-refractivity contribution is -0.164. The Kier molecular flexibility index (Phi) is 3.37. The highest BCUT2D eigenvalue weighted by Gasteiger charge is 2.54. The quantitative estimate of drug-likeness (QED) is 0.726. The molecule has 0 bridgehead atoms. The minimum Gasteiger partial charge on any atom is -0.393 e. The number of aliphatic hydroxyl groups is 1. The topological polar surface area (TPSA) is 38.7 Å². The van der Waals surface area contributed by atoms with Crippen molar-refractivity contribution >= 4 is 0 Å². The van der Waals surface area contributed by atoms with Crippen molar-refractivity contribution in [3.63, 3.8) is 0 Å². The zero-order chi connectivity index (χ0) is 16.5. The molecule has 5 aliphatic rings. The molecule has 2 unspecified atom stereocenters. The van der Waals surface area contributed by atoms with E-state index in [0.29, 0.717) is 11.8 Å². The van der Waals surface area contributed by atoms with Crippen molar-refractivity contribution in [3.05, 3.63) is 22.3 Å². The Morgan fingerprint density at radius 1 is 1.04 bits per heavy atom. The normalized spacial score (nSPS) is 43.9. The van der Waals surface area contributed by atoms with E-state index in [1.54, 1.807) is 22.3 Å². The van der Waals surface area contributed by atoms with Crippen LogP contribution in [0.25, 0.3) is 0 Å². The predicted molar refractivity (Wildman–Crippen MR) is 92.4 cm³/mol. The number of hydrogen-bond donors (Lipinski definition) is 1. The predicted octanol–water partition coefficient (Wildman–Crippen LogP) is 4.12. The van der Waals surface area contributed by atoms with Gasteiger partial charge in [-0.3, -0.25) is 0 Å². The summed E-state index contributed by atoms with van der Waals surface area (Å²) in [6, 6.07) is 0. The fraction of sp³-hybridized carbons (Fsp3) is 0.810. The number of allylic oxidation sites excluding steroid dienone is 3. The van der Waals surface area contributed by atoms with Crippen LogP contribution >= 0.6 is 0 Å². The van der Waals surface area contributed by atoms with Crippen molar-refractivity contribution in [1.82, 2.24) is 0 Å². The SMILES string of the molecule is CC1=C2C3=C(CCC2C2CC[C@H](O)[C@@]2(C)C1)CC1(CC3)OCCO1. The molecule has 5 rings (SSSR count). The van der Waals surface area contributed by atoms with Gasteiger partial charge < -0.3 is 14.6 Å². The van der Waals surface area contributed by atoms with Crippen molar-refractivity contribution in [2.75, 3.05) is 13.2 Å². The van der Waals surface area contributed by atoms with Crippen LogP contribution in [0.4, 0.5) is 0 Å². The van der Waals surface area contributed by atoms with Crippen LogP contribution in [0, 0.1) is 17.3 Å². The monoisotopic (exact) mass is 330 g/mol. The van der Waals surface area contributed by atoms with Gasteiger partial charge in [-0.05, 0) is 68.4 Å². The van der Waals surface area contributed by atoms with Crippen LogP contribution in [0.3, 0.4) is 0 Å². The van der Waals surface area contributed by atoms with Crippen LogP contribution in [0.2, 0.25) is 0 Å². The van der Waals surface area contributed by atoms with Crippen LogP contribution < -0.4 is 0 Å². The van der Waals surface area contributed by atoms with E-state index in [2.05, 4.69) is 13.8 Å². The van der Waals surface area contributed by atoms with E-state index in [1.165, 1.54) is 19.3 Å².